The minimum absolute atomic E-state index is 0.00266. The zero-order valence-electron chi connectivity index (χ0n) is 8.82. The van der Waals surface area contributed by atoms with Crippen molar-refractivity contribution < 1.29 is 14.4 Å². The van der Waals surface area contributed by atoms with Gasteiger partial charge in [0.25, 0.3) is 0 Å². The molecule has 1 rings (SSSR count). The average molecular weight is 213 g/mol. The molecule has 1 heterocycles. The first kappa shape index (κ1) is 11.5. The van der Waals surface area contributed by atoms with Gasteiger partial charge in [-0.05, 0) is 5.92 Å². The van der Waals surface area contributed by atoms with Gasteiger partial charge in [-0.2, -0.15) is 0 Å². The van der Waals surface area contributed by atoms with Crippen LogP contribution in [-0.2, 0) is 14.4 Å². The summed E-state index contributed by atoms with van der Waals surface area (Å²) in [5, 5.41) is 2.59. The van der Waals surface area contributed by atoms with Gasteiger partial charge in [0.15, 0.2) is 0 Å². The Morgan fingerprint density at radius 3 is 2.67 bits per heavy atom. The summed E-state index contributed by atoms with van der Waals surface area (Å²) in [4.78, 5) is 34.9. The fourth-order valence-electron chi connectivity index (χ4n) is 1.50. The molecule has 84 valence electrons. The summed E-state index contributed by atoms with van der Waals surface area (Å²) in [6.07, 6.45) is 0. The zero-order chi connectivity index (χ0) is 11.6. The standard InChI is InChI=1S/C9H15N3O3/c1-5(2)8-9(15)12(3-6(10)13)4-7(14)11-8/h5,8H,3-4H2,1-2H3,(H2,10,13)(H,11,14). The Morgan fingerprint density at radius 1 is 1.60 bits per heavy atom. The smallest absolute Gasteiger partial charge is 0.246 e. The summed E-state index contributed by atoms with van der Waals surface area (Å²) in [5.41, 5.74) is 4.99. The van der Waals surface area contributed by atoms with Crippen molar-refractivity contribution in [2.75, 3.05) is 13.1 Å². The van der Waals surface area contributed by atoms with Crippen LogP contribution in [0.5, 0.6) is 0 Å². The molecular formula is C9H15N3O3. The summed E-state index contributed by atoms with van der Waals surface area (Å²) in [5.74, 6) is -1.12. The highest BCUT2D eigenvalue weighted by Gasteiger charge is 2.34. The van der Waals surface area contributed by atoms with Crippen molar-refractivity contribution >= 4 is 17.7 Å². The van der Waals surface area contributed by atoms with Crippen LogP contribution in [0, 0.1) is 5.92 Å². The van der Waals surface area contributed by atoms with Gasteiger partial charge in [-0.3, -0.25) is 14.4 Å². The molecule has 1 unspecified atom stereocenters. The SMILES string of the molecule is CC(C)C1NC(=O)CN(CC(N)=O)C1=O. The molecule has 3 amide bonds. The lowest BCUT2D eigenvalue weighted by atomic mass is 10.0. The summed E-state index contributed by atoms with van der Waals surface area (Å²) in [6, 6.07) is -0.550. The van der Waals surface area contributed by atoms with Gasteiger partial charge in [0.2, 0.25) is 17.7 Å². The molecule has 0 radical (unpaired) electrons. The minimum atomic E-state index is -0.611. The molecule has 0 aromatic heterocycles. The molecule has 15 heavy (non-hydrogen) atoms. The predicted molar refractivity (Wildman–Crippen MR) is 52.5 cm³/mol. The first-order chi connectivity index (χ1) is 6.91. The Labute approximate surface area is 87.8 Å². The lowest BCUT2D eigenvalue weighted by molar-refractivity contribution is -0.147. The molecule has 1 atom stereocenters. The van der Waals surface area contributed by atoms with Crippen LogP contribution in [-0.4, -0.2) is 41.8 Å². The van der Waals surface area contributed by atoms with Gasteiger partial charge in [0, 0.05) is 0 Å². The summed E-state index contributed by atoms with van der Waals surface area (Å²) >= 11 is 0. The van der Waals surface area contributed by atoms with Crippen molar-refractivity contribution in [2.24, 2.45) is 11.7 Å². The van der Waals surface area contributed by atoms with Crippen molar-refractivity contribution in [1.82, 2.24) is 10.2 Å². The highest BCUT2D eigenvalue weighted by atomic mass is 16.2. The molecule has 0 aromatic carbocycles. The Kier molecular flexibility index (Phi) is 3.28. The van der Waals surface area contributed by atoms with E-state index in [1.165, 1.54) is 4.90 Å². The second-order valence-corrected chi connectivity index (χ2v) is 3.95. The topological polar surface area (TPSA) is 92.5 Å². The van der Waals surface area contributed by atoms with Crippen LogP contribution in [0.3, 0.4) is 0 Å². The summed E-state index contributed by atoms with van der Waals surface area (Å²) in [7, 11) is 0. The van der Waals surface area contributed by atoms with Gasteiger partial charge in [-0.25, -0.2) is 0 Å². The Bertz CT molecular complexity index is 299. The number of amides is 3. The van der Waals surface area contributed by atoms with Crippen molar-refractivity contribution in [2.45, 2.75) is 19.9 Å². The first-order valence-corrected chi connectivity index (χ1v) is 4.78. The molecule has 1 aliphatic heterocycles. The van der Waals surface area contributed by atoms with Gasteiger partial charge in [-0.15, -0.1) is 0 Å². The van der Waals surface area contributed by atoms with Crippen LogP contribution in [0.1, 0.15) is 13.8 Å². The van der Waals surface area contributed by atoms with E-state index in [0.29, 0.717) is 0 Å². The van der Waals surface area contributed by atoms with Gasteiger partial charge >= 0.3 is 0 Å². The monoisotopic (exact) mass is 213 g/mol. The third kappa shape index (κ3) is 2.68. The molecule has 1 aliphatic rings. The summed E-state index contributed by atoms with van der Waals surface area (Å²) < 4.78 is 0. The highest BCUT2D eigenvalue weighted by molar-refractivity contribution is 5.96. The molecule has 0 saturated carbocycles. The molecular weight excluding hydrogens is 198 g/mol. The predicted octanol–water partition coefficient (Wildman–Crippen LogP) is -1.55. The van der Waals surface area contributed by atoms with E-state index in [1.807, 2.05) is 13.8 Å². The fraction of sp³-hybridized carbons (Fsp3) is 0.667. The number of carbonyl (C=O) groups excluding carboxylic acids is 3. The second kappa shape index (κ2) is 4.29. The van der Waals surface area contributed by atoms with E-state index in [2.05, 4.69) is 5.32 Å². The van der Waals surface area contributed by atoms with Crippen LogP contribution >= 0.6 is 0 Å². The van der Waals surface area contributed by atoms with Crippen molar-refractivity contribution in [3.05, 3.63) is 0 Å². The Morgan fingerprint density at radius 2 is 2.20 bits per heavy atom. The van der Waals surface area contributed by atoms with Crippen LogP contribution < -0.4 is 11.1 Å². The molecule has 0 aliphatic carbocycles. The third-order valence-corrected chi connectivity index (χ3v) is 2.24. The summed E-state index contributed by atoms with van der Waals surface area (Å²) in [6.45, 7) is 3.37. The molecule has 1 fully saturated rings. The van der Waals surface area contributed by atoms with Crippen LogP contribution in [0.4, 0.5) is 0 Å². The van der Waals surface area contributed by atoms with E-state index in [-0.39, 0.29) is 30.8 Å². The lowest BCUT2D eigenvalue weighted by Crippen LogP contribution is -2.61. The number of primary amides is 1. The van der Waals surface area contributed by atoms with E-state index < -0.39 is 11.9 Å². The van der Waals surface area contributed by atoms with Gasteiger partial charge in [-0.1, -0.05) is 13.8 Å². The van der Waals surface area contributed by atoms with E-state index in [4.69, 9.17) is 5.73 Å². The highest BCUT2D eigenvalue weighted by Crippen LogP contribution is 2.10. The van der Waals surface area contributed by atoms with E-state index in [9.17, 15) is 14.4 Å². The molecule has 6 heteroatoms. The zero-order valence-corrected chi connectivity index (χ0v) is 8.82. The number of nitrogens with two attached hydrogens (primary N) is 1. The first-order valence-electron chi connectivity index (χ1n) is 4.78. The largest absolute Gasteiger partial charge is 0.368 e. The quantitative estimate of drug-likeness (QED) is 0.594. The Hall–Kier alpha value is -1.59. The number of piperazine rings is 1. The number of carbonyl (C=O) groups is 3. The molecule has 0 spiro atoms. The molecule has 1 saturated heterocycles. The normalized spacial score (nSPS) is 21.8. The number of nitrogens with one attached hydrogen (secondary N) is 1. The Balaban J connectivity index is 2.76. The molecule has 6 nitrogen and oxygen atoms in total. The van der Waals surface area contributed by atoms with Gasteiger partial charge < -0.3 is 16.0 Å². The van der Waals surface area contributed by atoms with Crippen molar-refractivity contribution in [3.8, 4) is 0 Å². The third-order valence-electron chi connectivity index (χ3n) is 2.24. The molecule has 0 bridgehead atoms. The maximum absolute atomic E-state index is 11.8. The number of nitrogens with zero attached hydrogens (tertiary/aromatic N) is 1. The molecule has 0 aromatic rings. The maximum atomic E-state index is 11.8. The van der Waals surface area contributed by atoms with E-state index >= 15 is 0 Å². The fourth-order valence-corrected chi connectivity index (χ4v) is 1.50. The minimum Gasteiger partial charge on any atom is -0.368 e. The van der Waals surface area contributed by atoms with Gasteiger partial charge in [0.1, 0.15) is 12.6 Å². The number of hydrogen-bond donors (Lipinski definition) is 2. The second-order valence-electron chi connectivity index (χ2n) is 3.95. The molecule has 3 N–H and O–H groups in total. The van der Waals surface area contributed by atoms with E-state index in [1.54, 1.807) is 0 Å². The average Bonchev–Trinajstić information content (AvgIpc) is 2.09. The van der Waals surface area contributed by atoms with Crippen LogP contribution in [0.25, 0.3) is 0 Å². The van der Waals surface area contributed by atoms with Crippen molar-refractivity contribution in [3.63, 3.8) is 0 Å². The van der Waals surface area contributed by atoms with E-state index in [0.717, 1.165) is 0 Å². The van der Waals surface area contributed by atoms with Gasteiger partial charge in [0.05, 0.1) is 6.54 Å². The number of rotatable bonds is 3. The van der Waals surface area contributed by atoms with Crippen molar-refractivity contribution in [1.29, 1.82) is 0 Å². The van der Waals surface area contributed by atoms with Crippen LogP contribution in [0.2, 0.25) is 0 Å². The number of hydrogen-bond acceptors (Lipinski definition) is 3. The van der Waals surface area contributed by atoms with Crippen LogP contribution in [0.15, 0.2) is 0 Å². The maximum Gasteiger partial charge on any atom is 0.246 e. The lowest BCUT2D eigenvalue weighted by Gasteiger charge is -2.33.